The molecule has 1 rings (SSSR count). The van der Waals surface area contributed by atoms with E-state index in [1.165, 1.54) is 11.3 Å². The van der Waals surface area contributed by atoms with Crippen molar-refractivity contribution in [3.8, 4) is 0 Å². The van der Waals surface area contributed by atoms with Gasteiger partial charge in [0.1, 0.15) is 6.04 Å². The van der Waals surface area contributed by atoms with Gasteiger partial charge < -0.3 is 10.4 Å². The lowest BCUT2D eigenvalue weighted by molar-refractivity contribution is -0.143. The van der Waals surface area contributed by atoms with Crippen LogP contribution in [-0.2, 0) is 22.4 Å². The van der Waals surface area contributed by atoms with Crippen LogP contribution in [0.2, 0.25) is 0 Å². The summed E-state index contributed by atoms with van der Waals surface area (Å²) < 4.78 is 0. The summed E-state index contributed by atoms with van der Waals surface area (Å²) in [5, 5.41) is 14.3. The van der Waals surface area contributed by atoms with Crippen molar-refractivity contribution in [2.75, 3.05) is 0 Å². The van der Waals surface area contributed by atoms with Gasteiger partial charge in [-0.1, -0.05) is 20.8 Å². The largest absolute Gasteiger partial charge is 0.480 e. The van der Waals surface area contributed by atoms with Crippen LogP contribution in [-0.4, -0.2) is 28.0 Å². The summed E-state index contributed by atoms with van der Waals surface area (Å²) in [5.74, 6) is -1.46. The molecular weight excluding hydrogens is 252 g/mol. The molecule has 6 heteroatoms. The third-order valence-electron chi connectivity index (χ3n) is 2.49. The van der Waals surface area contributed by atoms with Gasteiger partial charge in [0.25, 0.3) is 0 Å². The van der Waals surface area contributed by atoms with Crippen LogP contribution in [0.1, 0.15) is 31.5 Å². The van der Waals surface area contributed by atoms with Crippen LogP contribution in [0.3, 0.4) is 0 Å². The smallest absolute Gasteiger partial charge is 0.326 e. The molecular formula is C12H18N2O3S. The summed E-state index contributed by atoms with van der Waals surface area (Å²) in [6, 6.07) is -0.846. The average molecular weight is 270 g/mol. The zero-order chi connectivity index (χ0) is 13.7. The Morgan fingerprint density at radius 3 is 2.61 bits per heavy atom. The van der Waals surface area contributed by atoms with Crippen molar-refractivity contribution in [1.29, 1.82) is 0 Å². The molecule has 0 aliphatic heterocycles. The van der Waals surface area contributed by atoms with Gasteiger partial charge >= 0.3 is 5.97 Å². The number of aryl methyl sites for hydroxylation is 1. The monoisotopic (exact) mass is 270 g/mol. The fourth-order valence-corrected chi connectivity index (χ4v) is 2.24. The maximum Gasteiger partial charge on any atom is 0.326 e. The molecule has 0 aliphatic rings. The summed E-state index contributed by atoms with van der Waals surface area (Å²) in [4.78, 5) is 26.9. The number of aromatic nitrogens is 1. The Morgan fingerprint density at radius 2 is 2.17 bits per heavy atom. The Balaban J connectivity index is 2.57. The highest BCUT2D eigenvalue weighted by molar-refractivity contribution is 7.09. The van der Waals surface area contributed by atoms with Crippen molar-refractivity contribution >= 4 is 23.2 Å². The minimum atomic E-state index is -1.01. The third-order valence-corrected chi connectivity index (χ3v) is 3.53. The van der Waals surface area contributed by atoms with E-state index in [2.05, 4.69) is 10.3 Å². The maximum absolute atomic E-state index is 11.7. The van der Waals surface area contributed by atoms with Gasteiger partial charge in [-0.3, -0.25) is 4.79 Å². The van der Waals surface area contributed by atoms with Crippen LogP contribution in [0.25, 0.3) is 0 Å². The van der Waals surface area contributed by atoms with Crippen molar-refractivity contribution in [2.24, 2.45) is 5.92 Å². The molecule has 100 valence electrons. The summed E-state index contributed by atoms with van der Waals surface area (Å²) in [5.41, 5.74) is 0.697. The van der Waals surface area contributed by atoms with Crippen LogP contribution in [0.15, 0.2) is 5.38 Å². The second-order valence-corrected chi connectivity index (χ2v) is 5.33. The van der Waals surface area contributed by atoms with E-state index in [0.29, 0.717) is 5.69 Å². The Labute approximate surface area is 110 Å². The summed E-state index contributed by atoms with van der Waals surface area (Å²) >= 11 is 1.52. The van der Waals surface area contributed by atoms with Gasteiger partial charge in [-0.05, 0) is 12.3 Å². The van der Waals surface area contributed by atoms with Gasteiger partial charge in [0.05, 0.1) is 17.1 Å². The van der Waals surface area contributed by atoms with Crippen LogP contribution in [0, 0.1) is 5.92 Å². The quantitative estimate of drug-likeness (QED) is 0.820. The topological polar surface area (TPSA) is 79.3 Å². The Hall–Kier alpha value is -1.43. The van der Waals surface area contributed by atoms with Gasteiger partial charge in [0.15, 0.2) is 0 Å². The molecule has 0 fully saturated rings. The SMILES string of the molecule is CCc1nc(CC(=O)N[C@H](C(=O)O)C(C)C)cs1. The number of hydrogen-bond acceptors (Lipinski definition) is 4. The highest BCUT2D eigenvalue weighted by atomic mass is 32.1. The zero-order valence-corrected chi connectivity index (χ0v) is 11.6. The highest BCUT2D eigenvalue weighted by Gasteiger charge is 2.23. The molecule has 0 saturated heterocycles. The molecule has 0 spiro atoms. The van der Waals surface area contributed by atoms with E-state index < -0.39 is 12.0 Å². The predicted molar refractivity (Wildman–Crippen MR) is 69.6 cm³/mol. The van der Waals surface area contributed by atoms with E-state index >= 15 is 0 Å². The molecule has 1 amide bonds. The first-order chi connectivity index (χ1) is 8.43. The lowest BCUT2D eigenvalue weighted by Crippen LogP contribution is -2.44. The van der Waals surface area contributed by atoms with E-state index in [1.54, 1.807) is 13.8 Å². The number of nitrogens with one attached hydrogen (secondary N) is 1. The number of carbonyl (C=O) groups excluding carboxylic acids is 1. The molecule has 2 N–H and O–H groups in total. The molecule has 18 heavy (non-hydrogen) atoms. The van der Waals surface area contributed by atoms with Crippen LogP contribution in [0.5, 0.6) is 0 Å². The second-order valence-electron chi connectivity index (χ2n) is 4.39. The first-order valence-electron chi connectivity index (χ1n) is 5.89. The number of amides is 1. The van der Waals surface area contributed by atoms with Crippen molar-refractivity contribution in [3.63, 3.8) is 0 Å². The van der Waals surface area contributed by atoms with Crippen LogP contribution >= 0.6 is 11.3 Å². The van der Waals surface area contributed by atoms with Crippen LogP contribution < -0.4 is 5.32 Å². The van der Waals surface area contributed by atoms with E-state index in [4.69, 9.17) is 5.11 Å². The molecule has 0 radical (unpaired) electrons. The zero-order valence-electron chi connectivity index (χ0n) is 10.8. The fraction of sp³-hybridized carbons (Fsp3) is 0.583. The molecule has 1 aromatic rings. The van der Waals surface area contributed by atoms with Crippen LogP contribution in [0.4, 0.5) is 0 Å². The number of carboxylic acids is 1. The number of nitrogens with zero attached hydrogens (tertiary/aromatic N) is 1. The molecule has 0 saturated carbocycles. The maximum atomic E-state index is 11.7. The molecule has 0 bridgehead atoms. The minimum Gasteiger partial charge on any atom is -0.480 e. The number of carboxylic acid groups (broad SMARTS) is 1. The second kappa shape index (κ2) is 6.49. The standard InChI is InChI=1S/C12H18N2O3S/c1-4-10-13-8(6-18-10)5-9(15)14-11(7(2)3)12(16)17/h6-7,11H,4-5H2,1-3H3,(H,14,15)(H,16,17)/t11-/m0/s1. The Kier molecular flexibility index (Phi) is 5.27. The van der Waals surface area contributed by atoms with Gasteiger partial charge in [0.2, 0.25) is 5.91 Å². The number of rotatable bonds is 6. The fourth-order valence-electron chi connectivity index (χ4n) is 1.50. The lowest BCUT2D eigenvalue weighted by atomic mass is 10.0. The average Bonchev–Trinajstić information content (AvgIpc) is 2.72. The number of aliphatic carboxylic acids is 1. The Bertz CT molecular complexity index is 429. The normalized spacial score (nSPS) is 12.4. The van der Waals surface area contributed by atoms with Gasteiger partial charge in [-0.15, -0.1) is 11.3 Å². The molecule has 0 aliphatic carbocycles. The van der Waals surface area contributed by atoms with E-state index in [0.717, 1.165) is 11.4 Å². The van der Waals surface area contributed by atoms with E-state index in [1.807, 2.05) is 12.3 Å². The summed E-state index contributed by atoms with van der Waals surface area (Å²) in [6.07, 6.45) is 0.975. The summed E-state index contributed by atoms with van der Waals surface area (Å²) in [7, 11) is 0. The van der Waals surface area contributed by atoms with Crippen molar-refractivity contribution < 1.29 is 14.7 Å². The number of carbonyl (C=O) groups is 2. The first kappa shape index (κ1) is 14.6. The molecule has 1 heterocycles. The van der Waals surface area contributed by atoms with Crippen molar-refractivity contribution in [1.82, 2.24) is 10.3 Å². The minimum absolute atomic E-state index is 0.132. The van der Waals surface area contributed by atoms with E-state index in [9.17, 15) is 9.59 Å². The molecule has 0 unspecified atom stereocenters. The molecule has 0 aromatic carbocycles. The molecule has 5 nitrogen and oxygen atoms in total. The van der Waals surface area contributed by atoms with Crippen molar-refractivity contribution in [3.05, 3.63) is 16.1 Å². The molecule has 1 aromatic heterocycles. The predicted octanol–water partition coefficient (Wildman–Crippen LogP) is 1.47. The van der Waals surface area contributed by atoms with E-state index in [-0.39, 0.29) is 18.2 Å². The van der Waals surface area contributed by atoms with Gasteiger partial charge in [-0.25, -0.2) is 9.78 Å². The third kappa shape index (κ3) is 4.10. The first-order valence-corrected chi connectivity index (χ1v) is 6.77. The van der Waals surface area contributed by atoms with Gasteiger partial charge in [-0.2, -0.15) is 0 Å². The Morgan fingerprint density at radius 1 is 1.50 bits per heavy atom. The van der Waals surface area contributed by atoms with Crippen molar-refractivity contribution in [2.45, 2.75) is 39.7 Å². The lowest BCUT2D eigenvalue weighted by Gasteiger charge is -2.17. The van der Waals surface area contributed by atoms with Gasteiger partial charge in [0, 0.05) is 5.38 Å². The number of thiazole rings is 1. The highest BCUT2D eigenvalue weighted by Crippen LogP contribution is 2.11. The number of hydrogen-bond donors (Lipinski definition) is 2. The molecule has 1 atom stereocenters. The summed E-state index contributed by atoms with van der Waals surface area (Å²) in [6.45, 7) is 5.52.